The molecule has 0 saturated heterocycles. The summed E-state index contributed by atoms with van der Waals surface area (Å²) in [6.45, 7) is 1.59. The molecule has 0 heterocycles. The number of nitrogens with one attached hydrogen (secondary N) is 2. The van der Waals surface area contributed by atoms with E-state index in [4.69, 9.17) is 9.47 Å². The van der Waals surface area contributed by atoms with Gasteiger partial charge < -0.3 is 9.47 Å². The fourth-order valence-corrected chi connectivity index (χ4v) is 2.08. The van der Waals surface area contributed by atoms with E-state index in [2.05, 4.69) is 10.9 Å². The molecular weight excluding hydrogens is 339 g/mol. The second-order valence-electron chi connectivity index (χ2n) is 5.21. The van der Waals surface area contributed by atoms with Gasteiger partial charge in [0.1, 0.15) is 5.82 Å². The number of benzene rings is 2. The van der Waals surface area contributed by atoms with Gasteiger partial charge in [-0.2, -0.15) is 0 Å². The lowest BCUT2D eigenvalue weighted by atomic mass is 10.2. The Morgan fingerprint density at radius 3 is 2.46 bits per heavy atom. The van der Waals surface area contributed by atoms with Crippen LogP contribution in [0.5, 0.6) is 11.5 Å². The summed E-state index contributed by atoms with van der Waals surface area (Å²) in [5.74, 6) is -0.676. The average Bonchev–Trinajstić information content (AvgIpc) is 2.65. The number of carbonyl (C=O) groups excluding carboxylic acids is 2. The second-order valence-corrected chi connectivity index (χ2v) is 5.21. The van der Waals surface area contributed by atoms with Crippen molar-refractivity contribution in [2.24, 2.45) is 0 Å². The van der Waals surface area contributed by atoms with Gasteiger partial charge in [0.25, 0.3) is 11.8 Å². The number of halogens is 1. The van der Waals surface area contributed by atoms with Crippen LogP contribution < -0.4 is 20.3 Å². The van der Waals surface area contributed by atoms with Gasteiger partial charge in [0, 0.05) is 5.56 Å². The molecule has 0 aliphatic rings. The Balaban J connectivity index is 1.86. The van der Waals surface area contributed by atoms with Gasteiger partial charge in [-0.1, -0.05) is 18.2 Å². The number of hydrogen-bond donors (Lipinski definition) is 2. The third-order valence-electron chi connectivity index (χ3n) is 3.33. The molecule has 2 rings (SSSR count). The highest BCUT2D eigenvalue weighted by Gasteiger charge is 2.10. The molecule has 0 atom stereocenters. The lowest BCUT2D eigenvalue weighted by Crippen LogP contribution is -2.43. The minimum Gasteiger partial charge on any atom is -0.493 e. The topological polar surface area (TPSA) is 76.7 Å². The summed E-state index contributed by atoms with van der Waals surface area (Å²) in [6.07, 6.45) is 3.80. The summed E-state index contributed by atoms with van der Waals surface area (Å²) in [6, 6.07) is 10.2. The molecule has 26 heavy (non-hydrogen) atoms. The maximum atomic E-state index is 12.8. The molecule has 136 valence electrons. The normalized spacial score (nSPS) is 10.4. The highest BCUT2D eigenvalue weighted by atomic mass is 19.1. The summed E-state index contributed by atoms with van der Waals surface area (Å²) < 4.78 is 23.5. The lowest BCUT2D eigenvalue weighted by Gasteiger charge is -2.12. The maximum Gasteiger partial charge on any atom is 0.276 e. The van der Waals surface area contributed by atoms with Crippen LogP contribution in [0.15, 0.2) is 48.5 Å². The van der Waals surface area contributed by atoms with Crippen LogP contribution in [-0.4, -0.2) is 25.5 Å². The van der Waals surface area contributed by atoms with E-state index in [1.807, 2.05) is 25.1 Å². The number of amides is 2. The van der Waals surface area contributed by atoms with E-state index >= 15 is 0 Å². The molecule has 2 N–H and O–H groups in total. The average molecular weight is 358 g/mol. The molecule has 0 radical (unpaired) electrons. The molecule has 0 unspecified atom stereocenters. The van der Waals surface area contributed by atoms with Crippen molar-refractivity contribution in [3.8, 4) is 11.5 Å². The van der Waals surface area contributed by atoms with E-state index in [1.165, 1.54) is 19.2 Å². The number of methoxy groups -OCH3 is 1. The van der Waals surface area contributed by atoms with Crippen LogP contribution in [0.25, 0.3) is 6.08 Å². The highest BCUT2D eigenvalue weighted by Crippen LogP contribution is 2.28. The van der Waals surface area contributed by atoms with Gasteiger partial charge in [-0.25, -0.2) is 4.39 Å². The smallest absolute Gasteiger partial charge is 0.276 e. The molecule has 0 aromatic heterocycles. The van der Waals surface area contributed by atoms with Crippen LogP contribution in [0.1, 0.15) is 22.8 Å². The van der Waals surface area contributed by atoms with E-state index in [0.717, 1.165) is 17.7 Å². The van der Waals surface area contributed by atoms with Gasteiger partial charge in [0.2, 0.25) is 0 Å². The fourth-order valence-electron chi connectivity index (χ4n) is 2.08. The van der Waals surface area contributed by atoms with Crippen molar-refractivity contribution >= 4 is 17.9 Å². The molecule has 2 amide bonds. The summed E-state index contributed by atoms with van der Waals surface area (Å²) in [5, 5.41) is 0. The number of carbonyl (C=O) groups is 2. The minimum atomic E-state index is -0.563. The van der Waals surface area contributed by atoms with Crippen molar-refractivity contribution < 1.29 is 23.5 Å². The van der Waals surface area contributed by atoms with Crippen LogP contribution in [0, 0.1) is 5.82 Å². The Hall–Kier alpha value is -3.35. The van der Waals surface area contributed by atoms with Crippen molar-refractivity contribution in [2.45, 2.75) is 6.92 Å². The van der Waals surface area contributed by atoms with Crippen LogP contribution in [0.2, 0.25) is 0 Å². The molecule has 7 heteroatoms. The standard InChI is InChI=1S/C19H19FN2O4/c1-3-4-13-5-10-16(17(11-13)25-2)26-12-18(23)21-22-19(24)14-6-8-15(20)9-7-14/h3-11H,12H2,1-2H3,(H,21,23)(H,22,24)/b4-3-. The van der Waals surface area contributed by atoms with Crippen molar-refractivity contribution in [3.05, 3.63) is 65.5 Å². The van der Waals surface area contributed by atoms with E-state index in [-0.39, 0.29) is 12.2 Å². The van der Waals surface area contributed by atoms with Crippen molar-refractivity contribution in [1.82, 2.24) is 10.9 Å². The fraction of sp³-hybridized carbons (Fsp3) is 0.158. The van der Waals surface area contributed by atoms with Crippen LogP contribution in [0.3, 0.4) is 0 Å². The Labute approximate surface area is 150 Å². The molecule has 0 saturated carbocycles. The molecule has 2 aromatic rings. The zero-order valence-electron chi connectivity index (χ0n) is 14.4. The summed E-state index contributed by atoms with van der Waals surface area (Å²) in [5.41, 5.74) is 5.61. The monoisotopic (exact) mass is 358 g/mol. The second kappa shape index (κ2) is 9.22. The molecule has 6 nitrogen and oxygen atoms in total. The Bertz CT molecular complexity index is 804. The number of allylic oxidation sites excluding steroid dienone is 1. The number of ether oxygens (including phenoxy) is 2. The summed E-state index contributed by atoms with van der Waals surface area (Å²) in [7, 11) is 1.50. The van der Waals surface area contributed by atoms with Gasteiger partial charge >= 0.3 is 0 Å². The highest BCUT2D eigenvalue weighted by molar-refractivity contribution is 5.95. The molecule has 0 spiro atoms. The first-order chi connectivity index (χ1) is 12.5. The molecule has 0 aliphatic carbocycles. The first-order valence-corrected chi connectivity index (χ1v) is 7.81. The SMILES string of the molecule is C/C=C\c1ccc(OCC(=O)NNC(=O)c2ccc(F)cc2)c(OC)c1. The largest absolute Gasteiger partial charge is 0.493 e. The first kappa shape index (κ1) is 19.0. The third-order valence-corrected chi connectivity index (χ3v) is 3.33. The molecule has 0 fully saturated rings. The van der Waals surface area contributed by atoms with E-state index in [9.17, 15) is 14.0 Å². The van der Waals surface area contributed by atoms with Gasteiger partial charge in [0.05, 0.1) is 7.11 Å². The molecule has 2 aromatic carbocycles. The Morgan fingerprint density at radius 2 is 1.81 bits per heavy atom. The zero-order valence-corrected chi connectivity index (χ0v) is 14.4. The molecular formula is C19H19FN2O4. The van der Waals surface area contributed by atoms with E-state index in [0.29, 0.717) is 11.5 Å². The van der Waals surface area contributed by atoms with Crippen molar-refractivity contribution in [3.63, 3.8) is 0 Å². The van der Waals surface area contributed by atoms with Gasteiger partial charge in [0.15, 0.2) is 18.1 Å². The minimum absolute atomic E-state index is 0.217. The first-order valence-electron chi connectivity index (χ1n) is 7.81. The number of hydrazine groups is 1. The Morgan fingerprint density at radius 1 is 1.08 bits per heavy atom. The van der Waals surface area contributed by atoms with Crippen LogP contribution in [0.4, 0.5) is 4.39 Å². The van der Waals surface area contributed by atoms with E-state index < -0.39 is 17.6 Å². The predicted molar refractivity (Wildman–Crippen MR) is 95.2 cm³/mol. The molecule has 0 aliphatic heterocycles. The summed E-state index contributed by atoms with van der Waals surface area (Å²) >= 11 is 0. The van der Waals surface area contributed by atoms with Gasteiger partial charge in [-0.3, -0.25) is 20.4 Å². The maximum absolute atomic E-state index is 12.8. The molecule has 0 bridgehead atoms. The zero-order chi connectivity index (χ0) is 18.9. The van der Waals surface area contributed by atoms with Crippen molar-refractivity contribution in [2.75, 3.05) is 13.7 Å². The van der Waals surface area contributed by atoms with Crippen molar-refractivity contribution in [1.29, 1.82) is 0 Å². The number of rotatable bonds is 6. The van der Waals surface area contributed by atoms with Crippen LogP contribution in [-0.2, 0) is 4.79 Å². The predicted octanol–water partition coefficient (Wildman–Crippen LogP) is 2.71. The van der Waals surface area contributed by atoms with Crippen LogP contribution >= 0.6 is 0 Å². The Kier molecular flexibility index (Phi) is 6.73. The quantitative estimate of drug-likeness (QED) is 0.779. The van der Waals surface area contributed by atoms with Gasteiger partial charge in [-0.05, 0) is 48.9 Å². The van der Waals surface area contributed by atoms with E-state index in [1.54, 1.807) is 12.1 Å². The lowest BCUT2D eigenvalue weighted by molar-refractivity contribution is -0.123. The van der Waals surface area contributed by atoms with Gasteiger partial charge in [-0.15, -0.1) is 0 Å². The third kappa shape index (κ3) is 5.34. The number of hydrogen-bond acceptors (Lipinski definition) is 4. The summed E-state index contributed by atoms with van der Waals surface area (Å²) in [4.78, 5) is 23.6.